The second-order valence-electron chi connectivity index (χ2n) is 5.11. The molecule has 0 saturated carbocycles. The standard InChI is InChI=1S/C16H15NO4S/c1-11(18)12-3-2-4-15(10-12)22(19,20)17-14-5-6-16-13(9-14)7-8-21-16/h2-6,9-10,17H,7-8H2,1H3. The van der Waals surface area contributed by atoms with E-state index in [4.69, 9.17) is 4.74 Å². The maximum Gasteiger partial charge on any atom is 0.261 e. The summed E-state index contributed by atoms with van der Waals surface area (Å²) < 4.78 is 32.8. The molecule has 5 nitrogen and oxygen atoms in total. The van der Waals surface area contributed by atoms with Gasteiger partial charge in [0.2, 0.25) is 0 Å². The molecule has 0 amide bonds. The zero-order valence-electron chi connectivity index (χ0n) is 12.0. The maximum atomic E-state index is 12.4. The fourth-order valence-corrected chi connectivity index (χ4v) is 3.44. The molecule has 0 radical (unpaired) electrons. The predicted octanol–water partition coefficient (Wildman–Crippen LogP) is 2.62. The van der Waals surface area contributed by atoms with E-state index in [9.17, 15) is 13.2 Å². The summed E-state index contributed by atoms with van der Waals surface area (Å²) >= 11 is 0. The molecule has 0 unspecified atom stereocenters. The Morgan fingerprint density at radius 1 is 1.18 bits per heavy atom. The van der Waals surface area contributed by atoms with Crippen LogP contribution in [0.3, 0.4) is 0 Å². The van der Waals surface area contributed by atoms with Crippen molar-refractivity contribution in [1.82, 2.24) is 0 Å². The minimum absolute atomic E-state index is 0.0666. The Morgan fingerprint density at radius 3 is 2.77 bits per heavy atom. The van der Waals surface area contributed by atoms with Crippen molar-refractivity contribution in [2.45, 2.75) is 18.2 Å². The lowest BCUT2D eigenvalue weighted by molar-refractivity contribution is 0.101. The molecule has 3 rings (SSSR count). The first-order valence-corrected chi connectivity index (χ1v) is 8.33. The largest absolute Gasteiger partial charge is 0.493 e. The van der Waals surface area contributed by atoms with Crippen LogP contribution in [0.2, 0.25) is 0 Å². The Balaban J connectivity index is 1.90. The molecule has 1 heterocycles. The number of ketones is 1. The van der Waals surface area contributed by atoms with E-state index in [0.29, 0.717) is 17.9 Å². The van der Waals surface area contributed by atoms with Crippen molar-refractivity contribution in [1.29, 1.82) is 0 Å². The molecule has 114 valence electrons. The number of ether oxygens (including phenoxy) is 1. The third-order valence-corrected chi connectivity index (χ3v) is 4.87. The van der Waals surface area contributed by atoms with E-state index < -0.39 is 10.0 Å². The average Bonchev–Trinajstić information content (AvgIpc) is 2.94. The number of fused-ring (bicyclic) bond motifs is 1. The SMILES string of the molecule is CC(=O)c1cccc(S(=O)(=O)Nc2ccc3c(c2)CCO3)c1. The molecule has 2 aromatic carbocycles. The Hall–Kier alpha value is -2.34. The lowest BCUT2D eigenvalue weighted by Crippen LogP contribution is -2.13. The van der Waals surface area contributed by atoms with Gasteiger partial charge in [0, 0.05) is 17.7 Å². The van der Waals surface area contributed by atoms with Gasteiger partial charge < -0.3 is 4.74 Å². The van der Waals surface area contributed by atoms with Crippen LogP contribution in [0.1, 0.15) is 22.8 Å². The van der Waals surface area contributed by atoms with Crippen LogP contribution in [0.15, 0.2) is 47.4 Å². The molecule has 0 aliphatic carbocycles. The normalized spacial score (nSPS) is 13.3. The van der Waals surface area contributed by atoms with Crippen molar-refractivity contribution in [3.63, 3.8) is 0 Å². The Labute approximate surface area is 129 Å². The molecular weight excluding hydrogens is 302 g/mol. The Morgan fingerprint density at radius 2 is 2.00 bits per heavy atom. The molecule has 6 heteroatoms. The molecule has 2 aromatic rings. The molecular formula is C16H15NO4S. The molecule has 0 spiro atoms. The van der Waals surface area contributed by atoms with Crippen LogP contribution in [0.25, 0.3) is 0 Å². The Kier molecular flexibility index (Phi) is 3.62. The second-order valence-corrected chi connectivity index (χ2v) is 6.79. The van der Waals surface area contributed by atoms with Gasteiger partial charge in [-0.1, -0.05) is 12.1 Å². The topological polar surface area (TPSA) is 72.5 Å². The van der Waals surface area contributed by atoms with Gasteiger partial charge in [0.15, 0.2) is 5.78 Å². The first kappa shape index (κ1) is 14.6. The summed E-state index contributed by atoms with van der Waals surface area (Å²) in [5.74, 6) is 0.619. The van der Waals surface area contributed by atoms with Crippen LogP contribution in [-0.2, 0) is 16.4 Å². The van der Waals surface area contributed by atoms with Gasteiger partial charge >= 0.3 is 0 Å². The van der Waals surface area contributed by atoms with Crippen LogP contribution >= 0.6 is 0 Å². The number of hydrogen-bond acceptors (Lipinski definition) is 4. The molecule has 0 aromatic heterocycles. The summed E-state index contributed by atoms with van der Waals surface area (Å²) in [7, 11) is -3.73. The highest BCUT2D eigenvalue weighted by molar-refractivity contribution is 7.92. The fourth-order valence-electron chi connectivity index (χ4n) is 2.35. The van der Waals surface area contributed by atoms with E-state index in [1.165, 1.54) is 19.1 Å². The fraction of sp³-hybridized carbons (Fsp3) is 0.188. The zero-order valence-corrected chi connectivity index (χ0v) is 12.8. The van der Waals surface area contributed by atoms with Gasteiger partial charge in [0.1, 0.15) is 5.75 Å². The van der Waals surface area contributed by atoms with Gasteiger partial charge in [-0.15, -0.1) is 0 Å². The lowest BCUT2D eigenvalue weighted by atomic mass is 10.1. The van der Waals surface area contributed by atoms with E-state index >= 15 is 0 Å². The summed E-state index contributed by atoms with van der Waals surface area (Å²) in [4.78, 5) is 11.4. The number of rotatable bonds is 4. The van der Waals surface area contributed by atoms with E-state index in [2.05, 4.69) is 4.72 Å². The summed E-state index contributed by atoms with van der Waals surface area (Å²) in [6.07, 6.45) is 0.769. The minimum atomic E-state index is -3.73. The smallest absolute Gasteiger partial charge is 0.261 e. The van der Waals surface area contributed by atoms with Gasteiger partial charge in [0.05, 0.1) is 11.5 Å². The van der Waals surface area contributed by atoms with Gasteiger partial charge in [0.25, 0.3) is 10.0 Å². The van der Waals surface area contributed by atoms with Gasteiger partial charge in [-0.25, -0.2) is 8.42 Å². The summed E-state index contributed by atoms with van der Waals surface area (Å²) in [5.41, 5.74) is 1.83. The average molecular weight is 317 g/mol. The van der Waals surface area contributed by atoms with Crippen LogP contribution in [0.5, 0.6) is 5.75 Å². The maximum absolute atomic E-state index is 12.4. The number of hydrogen-bond donors (Lipinski definition) is 1. The van der Waals surface area contributed by atoms with E-state index in [1.54, 1.807) is 30.3 Å². The molecule has 0 fully saturated rings. The number of nitrogens with one attached hydrogen (secondary N) is 1. The van der Waals surface area contributed by atoms with Crippen molar-refractivity contribution in [3.05, 3.63) is 53.6 Å². The monoisotopic (exact) mass is 317 g/mol. The van der Waals surface area contributed by atoms with Crippen LogP contribution in [0.4, 0.5) is 5.69 Å². The number of Topliss-reactive ketones (excluding diaryl/α,β-unsaturated/α-hetero) is 1. The number of sulfonamides is 1. The second kappa shape index (κ2) is 5.46. The van der Waals surface area contributed by atoms with Gasteiger partial charge in [-0.05, 0) is 42.8 Å². The van der Waals surface area contributed by atoms with E-state index in [0.717, 1.165) is 17.7 Å². The summed E-state index contributed by atoms with van der Waals surface area (Å²) in [5, 5.41) is 0. The highest BCUT2D eigenvalue weighted by atomic mass is 32.2. The third kappa shape index (κ3) is 2.82. The van der Waals surface area contributed by atoms with Gasteiger partial charge in [-0.3, -0.25) is 9.52 Å². The number of carbonyl (C=O) groups excluding carboxylic acids is 1. The van der Waals surface area contributed by atoms with Crippen molar-refractivity contribution in [2.24, 2.45) is 0 Å². The van der Waals surface area contributed by atoms with Crippen molar-refractivity contribution < 1.29 is 17.9 Å². The van der Waals surface area contributed by atoms with Crippen molar-refractivity contribution >= 4 is 21.5 Å². The molecule has 1 aliphatic rings. The Bertz CT molecular complexity index is 843. The van der Waals surface area contributed by atoms with Crippen molar-refractivity contribution in [3.8, 4) is 5.75 Å². The van der Waals surface area contributed by atoms with Gasteiger partial charge in [-0.2, -0.15) is 0 Å². The zero-order chi connectivity index (χ0) is 15.7. The number of carbonyl (C=O) groups is 1. The molecule has 22 heavy (non-hydrogen) atoms. The van der Waals surface area contributed by atoms with Crippen LogP contribution in [-0.4, -0.2) is 20.8 Å². The highest BCUT2D eigenvalue weighted by Crippen LogP contribution is 2.29. The third-order valence-electron chi connectivity index (χ3n) is 3.49. The molecule has 0 bridgehead atoms. The quantitative estimate of drug-likeness (QED) is 0.880. The lowest BCUT2D eigenvalue weighted by Gasteiger charge is -2.10. The van der Waals surface area contributed by atoms with E-state index in [1.807, 2.05) is 0 Å². The van der Waals surface area contributed by atoms with Crippen LogP contribution in [0, 0.1) is 0 Å². The van der Waals surface area contributed by atoms with Crippen molar-refractivity contribution in [2.75, 3.05) is 11.3 Å². The molecule has 0 atom stereocenters. The first-order chi connectivity index (χ1) is 10.5. The molecule has 1 N–H and O–H groups in total. The first-order valence-electron chi connectivity index (χ1n) is 6.85. The molecule has 1 aliphatic heterocycles. The predicted molar refractivity (Wildman–Crippen MR) is 82.9 cm³/mol. The highest BCUT2D eigenvalue weighted by Gasteiger charge is 2.18. The minimum Gasteiger partial charge on any atom is -0.493 e. The number of benzene rings is 2. The number of anilines is 1. The van der Waals surface area contributed by atoms with Crippen LogP contribution < -0.4 is 9.46 Å². The van der Waals surface area contributed by atoms with E-state index in [-0.39, 0.29) is 10.7 Å². The summed E-state index contributed by atoms with van der Waals surface area (Å²) in [6.45, 7) is 2.02. The molecule has 0 saturated heterocycles. The summed E-state index contributed by atoms with van der Waals surface area (Å²) in [6, 6.07) is 11.2.